The Labute approximate surface area is 157 Å². The molecule has 1 atom stereocenters. The van der Waals surface area contributed by atoms with Gasteiger partial charge in [-0.05, 0) is 57.5 Å². The van der Waals surface area contributed by atoms with Crippen LogP contribution < -0.4 is 10.6 Å². The molecule has 0 radical (unpaired) electrons. The van der Waals surface area contributed by atoms with Gasteiger partial charge in [-0.15, -0.1) is 0 Å². The lowest BCUT2D eigenvalue weighted by Gasteiger charge is -2.22. The first kappa shape index (κ1) is 19.7. The number of nitrogens with zero attached hydrogens (tertiary/aromatic N) is 1. The van der Waals surface area contributed by atoms with Gasteiger partial charge in [0.2, 0.25) is 0 Å². The first-order valence-corrected chi connectivity index (χ1v) is 8.54. The number of hydrogen-bond acceptors (Lipinski definition) is 4. The third-order valence-corrected chi connectivity index (χ3v) is 3.61. The summed E-state index contributed by atoms with van der Waals surface area (Å²) in [5.41, 5.74) is 1.40. The predicted octanol–water partition coefficient (Wildman–Crippen LogP) is 4.57. The van der Waals surface area contributed by atoms with Crippen LogP contribution in [0.25, 0.3) is 0 Å². The summed E-state index contributed by atoms with van der Waals surface area (Å²) in [5, 5.41) is 5.89. The predicted molar refractivity (Wildman–Crippen MR) is 101 cm³/mol. The fraction of sp³-hybridized carbons (Fsp3) is 0.316. The van der Waals surface area contributed by atoms with E-state index in [1.165, 1.54) is 6.20 Å². The van der Waals surface area contributed by atoms with Crippen molar-refractivity contribution in [1.29, 1.82) is 0 Å². The Bertz CT molecular complexity index is 768. The van der Waals surface area contributed by atoms with E-state index in [4.69, 9.17) is 16.3 Å². The van der Waals surface area contributed by atoms with Crippen LogP contribution in [0.1, 0.15) is 49.7 Å². The number of carbonyl (C=O) groups excluding carboxylic acids is 2. The summed E-state index contributed by atoms with van der Waals surface area (Å²) >= 11 is 5.71. The van der Waals surface area contributed by atoms with Gasteiger partial charge in [0, 0.05) is 11.9 Å². The molecule has 2 aromatic rings. The van der Waals surface area contributed by atoms with Crippen molar-refractivity contribution in [2.75, 3.05) is 5.32 Å². The summed E-state index contributed by atoms with van der Waals surface area (Å²) in [6, 6.07) is 10.1. The topological polar surface area (TPSA) is 80.3 Å². The fourth-order valence-corrected chi connectivity index (χ4v) is 2.25. The first-order chi connectivity index (χ1) is 12.1. The van der Waals surface area contributed by atoms with E-state index in [1.54, 1.807) is 24.3 Å². The Morgan fingerprint density at radius 3 is 2.31 bits per heavy atom. The van der Waals surface area contributed by atoms with E-state index in [2.05, 4.69) is 15.6 Å². The molecule has 0 bridgehead atoms. The van der Waals surface area contributed by atoms with E-state index in [9.17, 15) is 9.59 Å². The maximum absolute atomic E-state index is 12.2. The van der Waals surface area contributed by atoms with Crippen LogP contribution in [-0.2, 0) is 4.74 Å². The van der Waals surface area contributed by atoms with Crippen molar-refractivity contribution in [2.24, 2.45) is 0 Å². The molecule has 1 unspecified atom stereocenters. The summed E-state index contributed by atoms with van der Waals surface area (Å²) in [4.78, 5) is 27.9. The van der Waals surface area contributed by atoms with Crippen LogP contribution in [0.4, 0.5) is 10.5 Å². The SMILES string of the molecule is CC(NC(=O)OC(C)(C)C)c1ccc(NC(=O)c2ccc(Cl)nc2)cc1. The van der Waals surface area contributed by atoms with Crippen molar-refractivity contribution in [3.05, 3.63) is 58.9 Å². The van der Waals surface area contributed by atoms with Gasteiger partial charge in [0.1, 0.15) is 10.8 Å². The molecule has 0 aliphatic heterocycles. The molecule has 6 nitrogen and oxygen atoms in total. The maximum Gasteiger partial charge on any atom is 0.408 e. The number of halogens is 1. The number of aromatic nitrogens is 1. The quantitative estimate of drug-likeness (QED) is 0.767. The maximum atomic E-state index is 12.2. The van der Waals surface area contributed by atoms with Crippen LogP contribution >= 0.6 is 11.6 Å². The summed E-state index contributed by atoms with van der Waals surface area (Å²) in [7, 11) is 0. The number of alkyl carbamates (subject to hydrolysis) is 1. The van der Waals surface area contributed by atoms with Gasteiger partial charge >= 0.3 is 6.09 Å². The lowest BCUT2D eigenvalue weighted by molar-refractivity contribution is 0.0508. The number of nitrogens with one attached hydrogen (secondary N) is 2. The normalized spacial score (nSPS) is 12.2. The summed E-state index contributed by atoms with van der Waals surface area (Å²) in [6.07, 6.45) is 0.941. The van der Waals surface area contributed by atoms with Crippen LogP contribution in [0.15, 0.2) is 42.6 Å². The number of anilines is 1. The van der Waals surface area contributed by atoms with Gasteiger partial charge in [-0.25, -0.2) is 9.78 Å². The van der Waals surface area contributed by atoms with E-state index >= 15 is 0 Å². The molecule has 26 heavy (non-hydrogen) atoms. The van der Waals surface area contributed by atoms with E-state index in [-0.39, 0.29) is 11.9 Å². The summed E-state index contributed by atoms with van der Waals surface area (Å²) < 4.78 is 5.24. The van der Waals surface area contributed by atoms with E-state index in [0.29, 0.717) is 16.4 Å². The van der Waals surface area contributed by atoms with Crippen LogP contribution in [0.2, 0.25) is 5.15 Å². The molecule has 2 rings (SSSR count). The van der Waals surface area contributed by atoms with Crippen molar-refractivity contribution in [1.82, 2.24) is 10.3 Å². The lowest BCUT2D eigenvalue weighted by Crippen LogP contribution is -2.34. The highest BCUT2D eigenvalue weighted by atomic mass is 35.5. The van der Waals surface area contributed by atoms with Gasteiger partial charge in [0.25, 0.3) is 5.91 Å². The van der Waals surface area contributed by atoms with Gasteiger partial charge in [-0.3, -0.25) is 4.79 Å². The van der Waals surface area contributed by atoms with Crippen molar-refractivity contribution in [3.8, 4) is 0 Å². The Kier molecular flexibility index (Phi) is 6.21. The Balaban J connectivity index is 1.96. The minimum atomic E-state index is -0.547. The molecule has 0 saturated carbocycles. The average Bonchev–Trinajstić information content (AvgIpc) is 2.54. The molecule has 2 amide bonds. The molecule has 1 aromatic carbocycles. The lowest BCUT2D eigenvalue weighted by atomic mass is 10.1. The van der Waals surface area contributed by atoms with Gasteiger partial charge in [0.05, 0.1) is 11.6 Å². The average molecular weight is 376 g/mol. The third kappa shape index (κ3) is 6.04. The molecule has 7 heteroatoms. The Hall–Kier alpha value is -2.60. The molecule has 138 valence electrons. The Morgan fingerprint density at radius 1 is 1.12 bits per heavy atom. The largest absolute Gasteiger partial charge is 0.444 e. The number of amides is 2. The summed E-state index contributed by atoms with van der Waals surface area (Å²) in [5.74, 6) is -0.276. The smallest absolute Gasteiger partial charge is 0.408 e. The van der Waals surface area contributed by atoms with Crippen LogP contribution in [0, 0.1) is 0 Å². The molecule has 0 fully saturated rings. The van der Waals surface area contributed by atoms with Crippen LogP contribution in [-0.4, -0.2) is 22.6 Å². The molecule has 0 aliphatic rings. The number of benzene rings is 1. The van der Waals surface area contributed by atoms with Crippen molar-refractivity contribution >= 4 is 29.3 Å². The van der Waals surface area contributed by atoms with Crippen molar-refractivity contribution in [3.63, 3.8) is 0 Å². The van der Waals surface area contributed by atoms with Gasteiger partial charge < -0.3 is 15.4 Å². The highest BCUT2D eigenvalue weighted by Crippen LogP contribution is 2.18. The van der Waals surface area contributed by atoms with Crippen molar-refractivity contribution < 1.29 is 14.3 Å². The second-order valence-electron chi connectivity index (χ2n) is 6.81. The van der Waals surface area contributed by atoms with E-state index < -0.39 is 11.7 Å². The number of ether oxygens (including phenoxy) is 1. The monoisotopic (exact) mass is 375 g/mol. The fourth-order valence-electron chi connectivity index (χ4n) is 2.14. The standard InChI is InChI=1S/C19H22ClN3O3/c1-12(22-18(25)26-19(2,3)4)13-5-8-15(9-6-13)23-17(24)14-7-10-16(20)21-11-14/h5-12H,1-4H3,(H,22,25)(H,23,24). The molecule has 1 aromatic heterocycles. The van der Waals surface area contributed by atoms with Crippen molar-refractivity contribution in [2.45, 2.75) is 39.3 Å². The van der Waals surface area contributed by atoms with Crippen LogP contribution in [0.3, 0.4) is 0 Å². The third-order valence-electron chi connectivity index (χ3n) is 3.39. The molecule has 0 saturated heterocycles. The molecular weight excluding hydrogens is 354 g/mol. The zero-order valence-electron chi connectivity index (χ0n) is 15.2. The Morgan fingerprint density at radius 2 is 1.77 bits per heavy atom. The van der Waals surface area contributed by atoms with E-state index in [0.717, 1.165) is 5.56 Å². The molecule has 2 N–H and O–H groups in total. The molecule has 1 heterocycles. The highest BCUT2D eigenvalue weighted by molar-refractivity contribution is 6.29. The zero-order chi connectivity index (χ0) is 19.3. The number of carbonyl (C=O) groups is 2. The number of hydrogen-bond donors (Lipinski definition) is 2. The number of pyridine rings is 1. The molecule has 0 spiro atoms. The zero-order valence-corrected chi connectivity index (χ0v) is 15.9. The molecule has 0 aliphatic carbocycles. The first-order valence-electron chi connectivity index (χ1n) is 8.16. The minimum absolute atomic E-state index is 0.227. The second-order valence-corrected chi connectivity index (χ2v) is 7.20. The molecular formula is C19H22ClN3O3. The van der Waals surface area contributed by atoms with Gasteiger partial charge in [-0.1, -0.05) is 23.7 Å². The van der Waals surface area contributed by atoms with E-state index in [1.807, 2.05) is 39.8 Å². The van der Waals surface area contributed by atoms with Crippen LogP contribution in [0.5, 0.6) is 0 Å². The summed E-state index contributed by atoms with van der Waals surface area (Å²) in [6.45, 7) is 7.29. The minimum Gasteiger partial charge on any atom is -0.444 e. The highest BCUT2D eigenvalue weighted by Gasteiger charge is 2.18. The number of rotatable bonds is 4. The second kappa shape index (κ2) is 8.19. The van der Waals surface area contributed by atoms with Gasteiger partial charge in [-0.2, -0.15) is 0 Å². The van der Waals surface area contributed by atoms with Gasteiger partial charge in [0.15, 0.2) is 0 Å².